The Morgan fingerprint density at radius 1 is 1.12 bits per heavy atom. The van der Waals surface area contributed by atoms with E-state index in [4.69, 9.17) is 5.11 Å². The Kier molecular flexibility index (Phi) is 4.19. The molecular weight excluding hydrogens is 315 g/mol. The van der Waals surface area contributed by atoms with Crippen molar-refractivity contribution in [3.05, 3.63) is 59.4 Å². The number of nitrogens with zero attached hydrogens (tertiary/aromatic N) is 2. The predicted octanol–water partition coefficient (Wildman–Crippen LogP) is 2.04. The zero-order chi connectivity index (χ0) is 17.1. The van der Waals surface area contributed by atoms with Crippen LogP contribution >= 0.6 is 0 Å². The van der Waals surface area contributed by atoms with Crippen molar-refractivity contribution in [1.29, 1.82) is 0 Å². The van der Waals surface area contributed by atoms with Crippen LogP contribution in [0.1, 0.15) is 28.4 Å². The van der Waals surface area contributed by atoms with E-state index in [1.807, 2.05) is 0 Å². The third-order valence-electron chi connectivity index (χ3n) is 3.53. The van der Waals surface area contributed by atoms with Crippen molar-refractivity contribution in [1.82, 2.24) is 20.7 Å². The van der Waals surface area contributed by atoms with Crippen LogP contribution in [0.15, 0.2) is 42.5 Å². The molecule has 1 heterocycles. The van der Waals surface area contributed by atoms with Gasteiger partial charge in [-0.2, -0.15) is 15.4 Å². The Balaban J connectivity index is 1.84. The molecule has 2 aromatic carbocycles. The van der Waals surface area contributed by atoms with Gasteiger partial charge in [-0.3, -0.25) is 9.59 Å². The summed E-state index contributed by atoms with van der Waals surface area (Å²) in [5.41, 5.74) is 1.98. The highest BCUT2D eigenvalue weighted by atomic mass is 19.1. The van der Waals surface area contributed by atoms with Gasteiger partial charge in [0.05, 0.1) is 12.5 Å². The molecule has 8 heteroatoms. The van der Waals surface area contributed by atoms with E-state index in [-0.39, 0.29) is 6.42 Å². The SMILES string of the molecule is O=C(O)CC(NC(=O)c1ccc2n[nH]nc2c1)c1ccc(F)cc1. The predicted molar refractivity (Wildman–Crippen MR) is 82.7 cm³/mol. The molecule has 122 valence electrons. The maximum Gasteiger partial charge on any atom is 0.305 e. The van der Waals surface area contributed by atoms with E-state index in [2.05, 4.69) is 20.7 Å². The first-order valence-electron chi connectivity index (χ1n) is 7.11. The van der Waals surface area contributed by atoms with Gasteiger partial charge in [0, 0.05) is 5.56 Å². The van der Waals surface area contributed by atoms with Crippen molar-refractivity contribution < 1.29 is 19.1 Å². The summed E-state index contributed by atoms with van der Waals surface area (Å²) < 4.78 is 13.0. The fourth-order valence-corrected chi connectivity index (χ4v) is 2.35. The Bertz CT molecular complexity index is 892. The number of carboxylic acids is 1. The maximum absolute atomic E-state index is 13.0. The minimum Gasteiger partial charge on any atom is -0.481 e. The van der Waals surface area contributed by atoms with Gasteiger partial charge in [0.2, 0.25) is 0 Å². The number of aromatic amines is 1. The van der Waals surface area contributed by atoms with Gasteiger partial charge in [0.1, 0.15) is 16.9 Å². The number of H-pyrrole nitrogens is 1. The third-order valence-corrected chi connectivity index (χ3v) is 3.53. The molecule has 0 saturated carbocycles. The van der Waals surface area contributed by atoms with Crippen LogP contribution in [0.2, 0.25) is 0 Å². The summed E-state index contributed by atoms with van der Waals surface area (Å²) in [5, 5.41) is 22.0. The van der Waals surface area contributed by atoms with Crippen molar-refractivity contribution in [2.75, 3.05) is 0 Å². The average molecular weight is 328 g/mol. The van der Waals surface area contributed by atoms with E-state index >= 15 is 0 Å². The smallest absolute Gasteiger partial charge is 0.305 e. The van der Waals surface area contributed by atoms with Gasteiger partial charge >= 0.3 is 5.97 Å². The van der Waals surface area contributed by atoms with E-state index in [0.29, 0.717) is 22.2 Å². The molecule has 3 aromatic rings. The van der Waals surface area contributed by atoms with Crippen LogP contribution in [-0.4, -0.2) is 32.4 Å². The number of amides is 1. The summed E-state index contributed by atoms with van der Waals surface area (Å²) in [5.74, 6) is -1.96. The second-order valence-electron chi connectivity index (χ2n) is 5.20. The Hall–Kier alpha value is -3.29. The summed E-state index contributed by atoms with van der Waals surface area (Å²) in [6, 6.07) is 9.32. The summed E-state index contributed by atoms with van der Waals surface area (Å²) in [7, 11) is 0. The standard InChI is InChI=1S/C16H13FN4O3/c17-11-4-1-9(2-5-11)13(8-15(22)23)18-16(24)10-3-6-12-14(7-10)20-21-19-12/h1-7,13H,8H2,(H,18,24)(H,22,23)(H,19,20,21). The number of halogens is 1. The highest BCUT2D eigenvalue weighted by Gasteiger charge is 2.19. The number of aromatic nitrogens is 3. The van der Waals surface area contributed by atoms with Gasteiger partial charge in [-0.15, -0.1) is 0 Å². The number of benzene rings is 2. The minimum atomic E-state index is -1.07. The molecule has 0 spiro atoms. The monoisotopic (exact) mass is 328 g/mol. The van der Waals surface area contributed by atoms with Crippen LogP contribution in [0.25, 0.3) is 11.0 Å². The van der Waals surface area contributed by atoms with Crippen LogP contribution in [0.5, 0.6) is 0 Å². The lowest BCUT2D eigenvalue weighted by Crippen LogP contribution is -2.30. The molecule has 0 aliphatic rings. The van der Waals surface area contributed by atoms with Gasteiger partial charge < -0.3 is 10.4 Å². The van der Waals surface area contributed by atoms with Crippen LogP contribution < -0.4 is 5.32 Å². The molecule has 0 fully saturated rings. The summed E-state index contributed by atoms with van der Waals surface area (Å²) >= 11 is 0. The van der Waals surface area contributed by atoms with Crippen molar-refractivity contribution in [3.8, 4) is 0 Å². The number of hydrogen-bond acceptors (Lipinski definition) is 4. The summed E-state index contributed by atoms with van der Waals surface area (Å²) in [6.07, 6.45) is -0.316. The Morgan fingerprint density at radius 2 is 1.83 bits per heavy atom. The lowest BCUT2D eigenvalue weighted by Gasteiger charge is -2.17. The zero-order valence-corrected chi connectivity index (χ0v) is 12.4. The van der Waals surface area contributed by atoms with E-state index in [1.54, 1.807) is 18.2 Å². The number of fused-ring (bicyclic) bond motifs is 1. The number of carboxylic acid groups (broad SMARTS) is 1. The van der Waals surface area contributed by atoms with Crippen LogP contribution in [0.4, 0.5) is 4.39 Å². The lowest BCUT2D eigenvalue weighted by molar-refractivity contribution is -0.137. The third kappa shape index (κ3) is 3.37. The minimum absolute atomic E-state index is 0.316. The molecule has 24 heavy (non-hydrogen) atoms. The van der Waals surface area contributed by atoms with Crippen molar-refractivity contribution in [2.45, 2.75) is 12.5 Å². The van der Waals surface area contributed by atoms with E-state index in [0.717, 1.165) is 0 Å². The molecule has 0 aliphatic heterocycles. The number of carbonyl (C=O) groups is 2. The second-order valence-corrected chi connectivity index (χ2v) is 5.20. The number of rotatable bonds is 5. The number of carbonyl (C=O) groups excluding carboxylic acids is 1. The Labute approximate surface area is 135 Å². The fraction of sp³-hybridized carbons (Fsp3) is 0.125. The van der Waals surface area contributed by atoms with E-state index in [9.17, 15) is 14.0 Å². The zero-order valence-electron chi connectivity index (χ0n) is 12.4. The topological polar surface area (TPSA) is 108 Å². The maximum atomic E-state index is 13.0. The average Bonchev–Trinajstić information content (AvgIpc) is 3.02. The van der Waals surface area contributed by atoms with Crippen LogP contribution in [0.3, 0.4) is 0 Å². The normalized spacial score (nSPS) is 12.0. The number of nitrogens with one attached hydrogen (secondary N) is 2. The van der Waals surface area contributed by atoms with Gasteiger partial charge in [0.15, 0.2) is 0 Å². The van der Waals surface area contributed by atoms with Crippen LogP contribution in [0, 0.1) is 5.82 Å². The first-order chi connectivity index (χ1) is 11.5. The van der Waals surface area contributed by atoms with Crippen molar-refractivity contribution >= 4 is 22.9 Å². The number of hydrogen-bond donors (Lipinski definition) is 3. The van der Waals surface area contributed by atoms with Gasteiger partial charge in [-0.1, -0.05) is 12.1 Å². The lowest BCUT2D eigenvalue weighted by atomic mass is 10.0. The van der Waals surface area contributed by atoms with Crippen molar-refractivity contribution in [2.24, 2.45) is 0 Å². The molecule has 0 radical (unpaired) electrons. The second kappa shape index (κ2) is 6.45. The summed E-state index contributed by atoms with van der Waals surface area (Å²) in [4.78, 5) is 23.5. The highest BCUT2D eigenvalue weighted by Crippen LogP contribution is 2.19. The largest absolute Gasteiger partial charge is 0.481 e. The van der Waals surface area contributed by atoms with Gasteiger partial charge in [0.25, 0.3) is 5.91 Å². The first kappa shape index (κ1) is 15.6. The van der Waals surface area contributed by atoms with Crippen molar-refractivity contribution in [3.63, 3.8) is 0 Å². The molecule has 1 amide bonds. The molecule has 1 aromatic heterocycles. The van der Waals surface area contributed by atoms with Gasteiger partial charge in [-0.05, 0) is 35.9 Å². The quantitative estimate of drug-likeness (QED) is 0.664. The molecule has 7 nitrogen and oxygen atoms in total. The van der Waals surface area contributed by atoms with Crippen LogP contribution in [-0.2, 0) is 4.79 Å². The summed E-state index contributed by atoms with van der Waals surface area (Å²) in [6.45, 7) is 0. The fourth-order valence-electron chi connectivity index (χ4n) is 2.35. The number of aliphatic carboxylic acids is 1. The first-order valence-corrected chi connectivity index (χ1v) is 7.11. The molecule has 3 N–H and O–H groups in total. The highest BCUT2D eigenvalue weighted by molar-refractivity contribution is 5.97. The molecule has 1 unspecified atom stereocenters. The molecule has 0 aliphatic carbocycles. The van der Waals surface area contributed by atoms with E-state index in [1.165, 1.54) is 24.3 Å². The molecular formula is C16H13FN4O3. The molecule has 0 saturated heterocycles. The molecule has 1 atom stereocenters. The molecule has 3 rings (SSSR count). The van der Waals surface area contributed by atoms with E-state index < -0.39 is 23.7 Å². The van der Waals surface area contributed by atoms with Gasteiger partial charge in [-0.25, -0.2) is 4.39 Å². The molecule has 0 bridgehead atoms. The Morgan fingerprint density at radius 3 is 2.54 bits per heavy atom.